The summed E-state index contributed by atoms with van der Waals surface area (Å²) in [6.07, 6.45) is 2.04. The van der Waals surface area contributed by atoms with Gasteiger partial charge in [0.25, 0.3) is 0 Å². The SMILES string of the molecule is C[Si](C)(C)Cc1cn(-c2ccccc2)nn1. The standard InChI is InChI=1S/C12H17N3Si/c1-16(2,3)10-11-9-15(14-13-11)12-7-5-4-6-8-12/h4-9H,10H2,1-3H3. The molecule has 2 rings (SSSR count). The van der Waals surface area contributed by atoms with Gasteiger partial charge in [0.05, 0.1) is 25.7 Å². The first kappa shape index (κ1) is 11.1. The van der Waals surface area contributed by atoms with E-state index in [-0.39, 0.29) is 0 Å². The molecule has 0 aliphatic carbocycles. The minimum atomic E-state index is -1.10. The van der Waals surface area contributed by atoms with Gasteiger partial charge in [-0.2, -0.15) is 0 Å². The molecule has 0 aliphatic heterocycles. The van der Waals surface area contributed by atoms with Crippen molar-refractivity contribution in [3.63, 3.8) is 0 Å². The number of para-hydroxylation sites is 1. The largest absolute Gasteiger partial charge is 0.220 e. The molecule has 0 spiro atoms. The Morgan fingerprint density at radius 3 is 2.44 bits per heavy atom. The van der Waals surface area contributed by atoms with Gasteiger partial charge in [-0.05, 0) is 18.2 Å². The van der Waals surface area contributed by atoms with Crippen molar-refractivity contribution in [1.29, 1.82) is 0 Å². The summed E-state index contributed by atoms with van der Waals surface area (Å²) in [6, 6.07) is 11.2. The van der Waals surface area contributed by atoms with E-state index in [0.717, 1.165) is 17.4 Å². The van der Waals surface area contributed by atoms with Crippen LogP contribution in [0.3, 0.4) is 0 Å². The van der Waals surface area contributed by atoms with E-state index in [1.54, 1.807) is 0 Å². The van der Waals surface area contributed by atoms with Crippen molar-refractivity contribution in [2.24, 2.45) is 0 Å². The van der Waals surface area contributed by atoms with Gasteiger partial charge < -0.3 is 0 Å². The zero-order valence-corrected chi connectivity index (χ0v) is 11.0. The summed E-state index contributed by atoms with van der Waals surface area (Å²) in [4.78, 5) is 0. The Labute approximate surface area is 97.1 Å². The Hall–Kier alpha value is -1.42. The lowest BCUT2D eigenvalue weighted by Gasteiger charge is -2.12. The molecule has 0 saturated heterocycles. The third kappa shape index (κ3) is 2.79. The van der Waals surface area contributed by atoms with Crippen LogP contribution in [0.25, 0.3) is 5.69 Å². The van der Waals surface area contributed by atoms with Crippen molar-refractivity contribution in [3.05, 3.63) is 42.2 Å². The van der Waals surface area contributed by atoms with Gasteiger partial charge in [0.2, 0.25) is 0 Å². The predicted octanol–water partition coefficient (Wildman–Crippen LogP) is 2.69. The fraction of sp³-hybridized carbons (Fsp3) is 0.333. The summed E-state index contributed by atoms with van der Waals surface area (Å²) in [7, 11) is -1.10. The molecule has 0 unspecified atom stereocenters. The summed E-state index contributed by atoms with van der Waals surface area (Å²) >= 11 is 0. The van der Waals surface area contributed by atoms with Crippen LogP contribution in [-0.2, 0) is 6.04 Å². The molecule has 4 heteroatoms. The molecule has 0 saturated carbocycles. The second-order valence-electron chi connectivity index (χ2n) is 5.23. The van der Waals surface area contributed by atoms with Gasteiger partial charge in [-0.1, -0.05) is 43.1 Å². The van der Waals surface area contributed by atoms with Crippen molar-refractivity contribution in [3.8, 4) is 5.69 Å². The van der Waals surface area contributed by atoms with Crippen LogP contribution in [-0.4, -0.2) is 23.1 Å². The van der Waals surface area contributed by atoms with Crippen LogP contribution in [0.2, 0.25) is 19.6 Å². The molecule has 84 valence electrons. The molecule has 0 aliphatic rings. The first-order valence-corrected chi connectivity index (χ1v) is 9.22. The topological polar surface area (TPSA) is 30.7 Å². The molecule has 0 fully saturated rings. The van der Waals surface area contributed by atoms with Crippen molar-refractivity contribution < 1.29 is 0 Å². The monoisotopic (exact) mass is 231 g/mol. The minimum absolute atomic E-state index is 1.07. The molecule has 3 nitrogen and oxygen atoms in total. The fourth-order valence-electron chi connectivity index (χ4n) is 1.63. The Morgan fingerprint density at radius 2 is 1.81 bits per heavy atom. The number of benzene rings is 1. The van der Waals surface area contributed by atoms with Gasteiger partial charge in [-0.25, -0.2) is 4.68 Å². The third-order valence-electron chi connectivity index (χ3n) is 2.27. The van der Waals surface area contributed by atoms with Crippen molar-refractivity contribution in [2.45, 2.75) is 25.7 Å². The molecule has 0 N–H and O–H groups in total. The number of aromatic nitrogens is 3. The lowest BCUT2D eigenvalue weighted by Crippen LogP contribution is -2.24. The van der Waals surface area contributed by atoms with E-state index in [2.05, 4.69) is 30.0 Å². The zero-order chi connectivity index (χ0) is 11.6. The van der Waals surface area contributed by atoms with Gasteiger partial charge in [0.15, 0.2) is 0 Å². The van der Waals surface area contributed by atoms with E-state index >= 15 is 0 Å². The van der Waals surface area contributed by atoms with Gasteiger partial charge in [0.1, 0.15) is 0 Å². The second-order valence-corrected chi connectivity index (χ2v) is 10.7. The van der Waals surface area contributed by atoms with E-state index in [9.17, 15) is 0 Å². The highest BCUT2D eigenvalue weighted by Crippen LogP contribution is 2.11. The lowest BCUT2D eigenvalue weighted by molar-refractivity contribution is 0.800. The molecular weight excluding hydrogens is 214 g/mol. The average molecular weight is 231 g/mol. The number of hydrogen-bond acceptors (Lipinski definition) is 2. The average Bonchev–Trinajstić information content (AvgIpc) is 2.65. The summed E-state index contributed by atoms with van der Waals surface area (Å²) in [5.74, 6) is 0. The molecule has 0 atom stereocenters. The zero-order valence-electron chi connectivity index (χ0n) is 10.0. The van der Waals surface area contributed by atoms with Gasteiger partial charge in [-0.3, -0.25) is 0 Å². The van der Waals surface area contributed by atoms with E-state index in [4.69, 9.17) is 0 Å². The maximum Gasteiger partial charge on any atom is 0.0805 e. The predicted molar refractivity (Wildman–Crippen MR) is 68.4 cm³/mol. The third-order valence-corrected chi connectivity index (χ3v) is 3.70. The molecule has 2 aromatic rings. The smallest absolute Gasteiger partial charge is 0.0805 e. The highest BCUT2D eigenvalue weighted by molar-refractivity contribution is 6.75. The summed E-state index contributed by atoms with van der Waals surface area (Å²) in [5.41, 5.74) is 2.17. The molecular formula is C12H17N3Si. The van der Waals surface area contributed by atoms with Crippen LogP contribution < -0.4 is 0 Å². The first-order chi connectivity index (χ1) is 7.54. The van der Waals surface area contributed by atoms with Crippen molar-refractivity contribution >= 4 is 8.07 Å². The molecule has 1 heterocycles. The number of rotatable bonds is 3. The van der Waals surface area contributed by atoms with Crippen molar-refractivity contribution in [1.82, 2.24) is 15.0 Å². The Morgan fingerprint density at radius 1 is 1.12 bits per heavy atom. The Bertz CT molecular complexity index is 457. The molecule has 16 heavy (non-hydrogen) atoms. The van der Waals surface area contributed by atoms with Crippen LogP contribution in [0.4, 0.5) is 0 Å². The summed E-state index contributed by atoms with van der Waals surface area (Å²) in [6.45, 7) is 7.03. The van der Waals surface area contributed by atoms with E-state index in [1.807, 2.05) is 41.2 Å². The van der Waals surface area contributed by atoms with E-state index in [0.29, 0.717) is 0 Å². The quantitative estimate of drug-likeness (QED) is 0.760. The molecule has 1 aromatic heterocycles. The van der Waals surface area contributed by atoms with Gasteiger partial charge in [0, 0.05) is 0 Å². The Kier molecular flexibility index (Phi) is 2.92. The van der Waals surface area contributed by atoms with Gasteiger partial charge in [-0.15, -0.1) is 5.10 Å². The maximum atomic E-state index is 4.23. The van der Waals surface area contributed by atoms with Crippen molar-refractivity contribution in [2.75, 3.05) is 0 Å². The molecule has 0 radical (unpaired) electrons. The second kappa shape index (κ2) is 4.21. The minimum Gasteiger partial charge on any atom is -0.220 e. The first-order valence-electron chi connectivity index (χ1n) is 5.51. The molecule has 0 amide bonds. The molecule has 1 aromatic carbocycles. The van der Waals surface area contributed by atoms with Crippen LogP contribution in [0.1, 0.15) is 5.69 Å². The van der Waals surface area contributed by atoms with Crippen LogP contribution in [0.15, 0.2) is 36.5 Å². The normalized spacial score (nSPS) is 11.7. The van der Waals surface area contributed by atoms with Gasteiger partial charge >= 0.3 is 0 Å². The summed E-state index contributed by atoms with van der Waals surface area (Å²) < 4.78 is 1.84. The lowest BCUT2D eigenvalue weighted by atomic mass is 10.3. The number of hydrogen-bond donors (Lipinski definition) is 0. The van der Waals surface area contributed by atoms with E-state index in [1.165, 1.54) is 0 Å². The number of nitrogens with zero attached hydrogens (tertiary/aromatic N) is 3. The highest BCUT2D eigenvalue weighted by Gasteiger charge is 2.16. The van der Waals surface area contributed by atoms with Crippen LogP contribution >= 0.6 is 0 Å². The van der Waals surface area contributed by atoms with E-state index < -0.39 is 8.07 Å². The Balaban J connectivity index is 2.21. The molecule has 0 bridgehead atoms. The summed E-state index contributed by atoms with van der Waals surface area (Å²) in [5, 5.41) is 8.39. The highest BCUT2D eigenvalue weighted by atomic mass is 28.3. The fourth-order valence-corrected chi connectivity index (χ4v) is 2.88. The van der Waals surface area contributed by atoms with Crippen LogP contribution in [0, 0.1) is 0 Å². The maximum absolute atomic E-state index is 4.23. The van der Waals surface area contributed by atoms with Crippen LogP contribution in [0.5, 0.6) is 0 Å².